The van der Waals surface area contributed by atoms with E-state index in [4.69, 9.17) is 4.74 Å². The minimum Gasteiger partial charge on any atom is -0.367 e. The van der Waals surface area contributed by atoms with Crippen LogP contribution in [-0.4, -0.2) is 18.5 Å². The van der Waals surface area contributed by atoms with Crippen LogP contribution in [0, 0.1) is 17.8 Å². The topological polar surface area (TPSA) is 26.3 Å². The fourth-order valence-corrected chi connectivity index (χ4v) is 2.72. The molecule has 4 unspecified atom stereocenters. The Hall–Kier alpha value is -0.370. The highest BCUT2D eigenvalue weighted by molar-refractivity contribution is 5.55. The van der Waals surface area contributed by atoms with Crippen LogP contribution in [0.15, 0.2) is 0 Å². The summed E-state index contributed by atoms with van der Waals surface area (Å²) in [6, 6.07) is 0. The van der Waals surface area contributed by atoms with Crippen molar-refractivity contribution in [2.45, 2.75) is 65.6 Å². The molecule has 16 heavy (non-hydrogen) atoms. The maximum absolute atomic E-state index is 10.8. The van der Waals surface area contributed by atoms with Crippen molar-refractivity contribution in [1.29, 1.82) is 0 Å². The molecule has 0 spiro atoms. The minimum atomic E-state index is -0.198. The second kappa shape index (κ2) is 6.39. The van der Waals surface area contributed by atoms with Gasteiger partial charge in [-0.2, -0.15) is 0 Å². The first-order valence-corrected chi connectivity index (χ1v) is 6.69. The van der Waals surface area contributed by atoms with Gasteiger partial charge in [-0.05, 0) is 37.0 Å². The SMILES string of the molecule is CCC(C=O)OC1CC(C)CCC1C(C)C. The van der Waals surface area contributed by atoms with E-state index in [-0.39, 0.29) is 6.10 Å². The van der Waals surface area contributed by atoms with E-state index < -0.39 is 0 Å². The number of rotatable bonds is 5. The number of carbonyl (C=O) groups excluding carboxylic acids is 1. The van der Waals surface area contributed by atoms with Crippen molar-refractivity contribution in [2.75, 3.05) is 0 Å². The van der Waals surface area contributed by atoms with E-state index >= 15 is 0 Å². The predicted octanol–water partition coefficient (Wildman–Crippen LogP) is 3.44. The lowest BCUT2D eigenvalue weighted by atomic mass is 9.75. The van der Waals surface area contributed by atoms with Gasteiger partial charge < -0.3 is 9.53 Å². The summed E-state index contributed by atoms with van der Waals surface area (Å²) in [5, 5.41) is 0. The first-order valence-electron chi connectivity index (χ1n) is 6.69. The summed E-state index contributed by atoms with van der Waals surface area (Å²) < 4.78 is 5.97. The van der Waals surface area contributed by atoms with Gasteiger partial charge in [0.1, 0.15) is 12.4 Å². The summed E-state index contributed by atoms with van der Waals surface area (Å²) in [7, 11) is 0. The van der Waals surface area contributed by atoms with Crippen molar-refractivity contribution in [3.63, 3.8) is 0 Å². The van der Waals surface area contributed by atoms with Gasteiger partial charge in [0.2, 0.25) is 0 Å². The minimum absolute atomic E-state index is 0.198. The Balaban J connectivity index is 2.60. The molecular formula is C14H26O2. The molecule has 1 fully saturated rings. The van der Waals surface area contributed by atoms with E-state index in [9.17, 15) is 4.79 Å². The lowest BCUT2D eigenvalue weighted by molar-refractivity contribution is -0.129. The van der Waals surface area contributed by atoms with Gasteiger partial charge in [0, 0.05) is 0 Å². The van der Waals surface area contributed by atoms with E-state index in [2.05, 4.69) is 20.8 Å². The molecule has 0 saturated heterocycles. The zero-order valence-electron chi connectivity index (χ0n) is 11.1. The molecule has 94 valence electrons. The predicted molar refractivity (Wildman–Crippen MR) is 66.4 cm³/mol. The molecule has 4 atom stereocenters. The number of carbonyl (C=O) groups is 1. The molecule has 0 N–H and O–H groups in total. The van der Waals surface area contributed by atoms with Crippen molar-refractivity contribution in [2.24, 2.45) is 17.8 Å². The van der Waals surface area contributed by atoms with E-state index in [1.807, 2.05) is 6.92 Å². The van der Waals surface area contributed by atoms with Crippen LogP contribution in [0.1, 0.15) is 53.4 Å². The summed E-state index contributed by atoms with van der Waals surface area (Å²) in [5.41, 5.74) is 0. The third kappa shape index (κ3) is 3.58. The quantitative estimate of drug-likeness (QED) is 0.671. The highest BCUT2D eigenvalue weighted by Crippen LogP contribution is 2.35. The maximum atomic E-state index is 10.8. The van der Waals surface area contributed by atoms with Gasteiger partial charge in [0.15, 0.2) is 0 Å². The van der Waals surface area contributed by atoms with E-state index in [0.717, 1.165) is 25.0 Å². The van der Waals surface area contributed by atoms with Crippen LogP contribution in [-0.2, 0) is 9.53 Å². The van der Waals surface area contributed by atoms with Gasteiger partial charge in [0.25, 0.3) is 0 Å². The van der Waals surface area contributed by atoms with Crippen LogP contribution in [0.2, 0.25) is 0 Å². The normalized spacial score (nSPS) is 32.7. The van der Waals surface area contributed by atoms with Crippen LogP contribution in [0.25, 0.3) is 0 Å². The molecule has 1 saturated carbocycles. The molecule has 0 aromatic heterocycles. The molecule has 0 radical (unpaired) electrons. The van der Waals surface area contributed by atoms with Crippen LogP contribution in [0.5, 0.6) is 0 Å². The van der Waals surface area contributed by atoms with Crippen LogP contribution < -0.4 is 0 Å². The fourth-order valence-electron chi connectivity index (χ4n) is 2.72. The third-order valence-corrected chi connectivity index (χ3v) is 3.87. The number of hydrogen-bond donors (Lipinski definition) is 0. The number of ether oxygens (including phenoxy) is 1. The lowest BCUT2D eigenvalue weighted by Crippen LogP contribution is -2.37. The molecule has 0 aromatic rings. The molecule has 0 amide bonds. The molecule has 2 heteroatoms. The average molecular weight is 226 g/mol. The molecule has 1 rings (SSSR count). The maximum Gasteiger partial charge on any atom is 0.148 e. The Morgan fingerprint density at radius 3 is 2.56 bits per heavy atom. The Morgan fingerprint density at radius 2 is 2.06 bits per heavy atom. The highest BCUT2D eigenvalue weighted by Gasteiger charge is 2.32. The molecule has 0 heterocycles. The second-order valence-electron chi connectivity index (χ2n) is 5.58. The van der Waals surface area contributed by atoms with Gasteiger partial charge in [-0.3, -0.25) is 0 Å². The zero-order valence-corrected chi connectivity index (χ0v) is 11.1. The summed E-state index contributed by atoms with van der Waals surface area (Å²) >= 11 is 0. The van der Waals surface area contributed by atoms with Gasteiger partial charge in [-0.25, -0.2) is 0 Å². The lowest BCUT2D eigenvalue weighted by Gasteiger charge is -2.38. The van der Waals surface area contributed by atoms with Gasteiger partial charge in [-0.15, -0.1) is 0 Å². The largest absolute Gasteiger partial charge is 0.367 e. The second-order valence-corrected chi connectivity index (χ2v) is 5.58. The van der Waals surface area contributed by atoms with Crippen molar-refractivity contribution in [1.82, 2.24) is 0 Å². The Kier molecular flexibility index (Phi) is 5.47. The smallest absolute Gasteiger partial charge is 0.148 e. The first kappa shape index (κ1) is 13.7. The van der Waals surface area contributed by atoms with Gasteiger partial charge in [-0.1, -0.05) is 34.1 Å². The van der Waals surface area contributed by atoms with E-state index in [0.29, 0.717) is 17.9 Å². The van der Waals surface area contributed by atoms with Gasteiger partial charge in [0.05, 0.1) is 6.10 Å². The van der Waals surface area contributed by atoms with Crippen molar-refractivity contribution < 1.29 is 9.53 Å². The summed E-state index contributed by atoms with van der Waals surface area (Å²) in [6.07, 6.45) is 5.51. The van der Waals surface area contributed by atoms with Gasteiger partial charge >= 0.3 is 0 Å². The summed E-state index contributed by atoms with van der Waals surface area (Å²) in [6.45, 7) is 8.82. The third-order valence-electron chi connectivity index (χ3n) is 3.87. The molecule has 1 aliphatic rings. The number of hydrogen-bond acceptors (Lipinski definition) is 2. The molecule has 0 aromatic carbocycles. The average Bonchev–Trinajstić information content (AvgIpc) is 2.25. The fraction of sp³-hybridized carbons (Fsp3) is 0.929. The highest BCUT2D eigenvalue weighted by atomic mass is 16.5. The van der Waals surface area contributed by atoms with Crippen LogP contribution in [0.4, 0.5) is 0 Å². The van der Waals surface area contributed by atoms with Crippen molar-refractivity contribution in [3.8, 4) is 0 Å². The summed E-state index contributed by atoms with van der Waals surface area (Å²) in [5.74, 6) is 2.02. The van der Waals surface area contributed by atoms with Crippen LogP contribution in [0.3, 0.4) is 0 Å². The molecule has 0 bridgehead atoms. The Labute approximate surface area is 99.8 Å². The molecule has 2 nitrogen and oxygen atoms in total. The van der Waals surface area contributed by atoms with Crippen molar-refractivity contribution in [3.05, 3.63) is 0 Å². The Morgan fingerprint density at radius 1 is 1.38 bits per heavy atom. The zero-order chi connectivity index (χ0) is 12.1. The summed E-state index contributed by atoms with van der Waals surface area (Å²) in [4.78, 5) is 10.8. The first-order chi connectivity index (χ1) is 7.58. The Bertz CT molecular complexity index is 213. The monoisotopic (exact) mass is 226 g/mol. The van der Waals surface area contributed by atoms with E-state index in [1.54, 1.807) is 0 Å². The standard InChI is InChI=1S/C14H26O2/c1-5-12(9-15)16-14-8-11(4)6-7-13(14)10(2)3/h9-14H,5-8H2,1-4H3. The molecular weight excluding hydrogens is 200 g/mol. The molecule has 1 aliphatic carbocycles. The van der Waals surface area contributed by atoms with E-state index in [1.165, 1.54) is 12.8 Å². The van der Waals surface area contributed by atoms with Crippen LogP contribution >= 0.6 is 0 Å². The molecule has 0 aliphatic heterocycles. The number of aldehydes is 1. The van der Waals surface area contributed by atoms with Crippen molar-refractivity contribution >= 4 is 6.29 Å².